The van der Waals surface area contributed by atoms with Gasteiger partial charge in [-0.2, -0.15) is 0 Å². The minimum atomic E-state index is -1.16. The summed E-state index contributed by atoms with van der Waals surface area (Å²) in [5, 5.41) is 11.8. The number of aromatic carboxylic acids is 1. The molecule has 26 heavy (non-hydrogen) atoms. The van der Waals surface area contributed by atoms with E-state index in [1.165, 1.54) is 16.5 Å². The molecule has 0 radical (unpaired) electrons. The summed E-state index contributed by atoms with van der Waals surface area (Å²) >= 11 is 3.42. The van der Waals surface area contributed by atoms with Crippen molar-refractivity contribution in [2.75, 3.05) is 0 Å². The SMILES string of the molecule is Cc1ccsc1[C@@H]1Cc2c(C(=O)O)c(=O)cc(C)n2-c2ccccc2S1. The summed E-state index contributed by atoms with van der Waals surface area (Å²) in [5.41, 5.74) is 2.93. The molecule has 2 aromatic heterocycles. The Kier molecular flexibility index (Phi) is 4.25. The first kappa shape index (κ1) is 17.1. The molecule has 0 fully saturated rings. The van der Waals surface area contributed by atoms with E-state index in [0.29, 0.717) is 12.1 Å². The standard InChI is InChI=1S/C20H17NO3S2/c1-11-7-8-25-19(11)17-10-14-18(20(23)24)15(22)9-12(2)21(14)13-5-3-4-6-16(13)26-17/h3-9,17H,10H2,1-2H3,(H,23,24)/t17-/m0/s1. The van der Waals surface area contributed by atoms with Gasteiger partial charge in [0.05, 0.1) is 5.69 Å². The van der Waals surface area contributed by atoms with Crippen LogP contribution in [-0.4, -0.2) is 15.6 Å². The zero-order chi connectivity index (χ0) is 18.4. The van der Waals surface area contributed by atoms with Crippen LogP contribution in [0.3, 0.4) is 0 Å². The quantitative estimate of drug-likeness (QED) is 0.702. The normalized spacial score (nSPS) is 15.8. The van der Waals surface area contributed by atoms with E-state index in [-0.39, 0.29) is 10.8 Å². The third-order valence-electron chi connectivity index (χ3n) is 4.66. The van der Waals surface area contributed by atoms with Crippen LogP contribution in [0.1, 0.15) is 37.4 Å². The third kappa shape index (κ3) is 2.70. The molecule has 0 bridgehead atoms. The molecule has 0 saturated heterocycles. The maximum atomic E-state index is 12.4. The van der Waals surface area contributed by atoms with Crippen molar-refractivity contribution >= 4 is 29.1 Å². The molecule has 4 nitrogen and oxygen atoms in total. The van der Waals surface area contributed by atoms with Gasteiger partial charge in [0.2, 0.25) is 0 Å². The maximum Gasteiger partial charge on any atom is 0.341 e. The minimum absolute atomic E-state index is 0.0733. The average Bonchev–Trinajstić information content (AvgIpc) is 2.92. The van der Waals surface area contributed by atoms with E-state index < -0.39 is 11.4 Å². The van der Waals surface area contributed by atoms with Crippen LogP contribution in [0.5, 0.6) is 0 Å². The minimum Gasteiger partial charge on any atom is -0.477 e. The number of aromatic nitrogens is 1. The molecule has 1 N–H and O–H groups in total. The number of carbonyl (C=O) groups is 1. The number of hydrogen-bond donors (Lipinski definition) is 1. The molecule has 1 atom stereocenters. The van der Waals surface area contributed by atoms with E-state index in [9.17, 15) is 14.7 Å². The van der Waals surface area contributed by atoms with Crippen molar-refractivity contribution in [3.63, 3.8) is 0 Å². The van der Waals surface area contributed by atoms with E-state index in [2.05, 4.69) is 24.4 Å². The molecular formula is C20H17NO3S2. The van der Waals surface area contributed by atoms with Gasteiger partial charge in [-0.3, -0.25) is 4.79 Å². The van der Waals surface area contributed by atoms with E-state index in [4.69, 9.17) is 0 Å². The summed E-state index contributed by atoms with van der Waals surface area (Å²) in [6, 6.07) is 11.5. The Balaban J connectivity index is 2.05. The molecule has 1 aromatic carbocycles. The second-order valence-corrected chi connectivity index (χ2v) is 8.55. The first-order valence-corrected chi connectivity index (χ1v) is 10.0. The number of para-hydroxylation sites is 1. The Morgan fingerprint density at radius 3 is 2.69 bits per heavy atom. The van der Waals surface area contributed by atoms with Crippen LogP contribution in [0.15, 0.2) is 51.5 Å². The summed E-state index contributed by atoms with van der Waals surface area (Å²) in [6.07, 6.45) is 0.499. The molecule has 0 aliphatic carbocycles. The van der Waals surface area contributed by atoms with Crippen molar-refractivity contribution in [3.8, 4) is 5.69 Å². The zero-order valence-electron chi connectivity index (χ0n) is 14.4. The first-order chi connectivity index (χ1) is 12.5. The van der Waals surface area contributed by atoms with Gasteiger partial charge in [0.15, 0.2) is 5.43 Å². The van der Waals surface area contributed by atoms with E-state index in [1.54, 1.807) is 23.1 Å². The lowest BCUT2D eigenvalue weighted by Crippen LogP contribution is -2.24. The lowest BCUT2D eigenvalue weighted by atomic mass is 10.0. The highest BCUT2D eigenvalue weighted by molar-refractivity contribution is 7.99. The molecule has 3 heterocycles. The topological polar surface area (TPSA) is 59.3 Å². The van der Waals surface area contributed by atoms with Crippen molar-refractivity contribution in [1.29, 1.82) is 0 Å². The maximum absolute atomic E-state index is 12.4. The average molecular weight is 383 g/mol. The molecule has 0 saturated carbocycles. The molecule has 3 aromatic rings. The molecule has 132 valence electrons. The van der Waals surface area contributed by atoms with Gasteiger partial charge >= 0.3 is 5.97 Å². The van der Waals surface area contributed by atoms with Gasteiger partial charge in [-0.15, -0.1) is 23.1 Å². The number of hydrogen-bond acceptors (Lipinski definition) is 4. The summed E-state index contributed by atoms with van der Waals surface area (Å²) in [5.74, 6) is -1.16. The number of aryl methyl sites for hydroxylation is 2. The summed E-state index contributed by atoms with van der Waals surface area (Å²) < 4.78 is 1.94. The van der Waals surface area contributed by atoms with Gasteiger partial charge in [0, 0.05) is 38.9 Å². The lowest BCUT2D eigenvalue weighted by Gasteiger charge is -2.18. The zero-order valence-corrected chi connectivity index (χ0v) is 16.0. The van der Waals surface area contributed by atoms with Gasteiger partial charge in [-0.1, -0.05) is 12.1 Å². The van der Waals surface area contributed by atoms with Crippen LogP contribution in [0.4, 0.5) is 0 Å². The predicted octanol–water partition coefficient (Wildman–Crippen LogP) is 4.60. The number of nitrogens with zero attached hydrogens (tertiary/aromatic N) is 1. The summed E-state index contributed by atoms with van der Waals surface area (Å²) in [7, 11) is 0. The number of rotatable bonds is 2. The smallest absolute Gasteiger partial charge is 0.341 e. The molecule has 6 heteroatoms. The van der Waals surface area contributed by atoms with E-state index >= 15 is 0 Å². The number of pyridine rings is 1. The van der Waals surface area contributed by atoms with Gasteiger partial charge in [-0.25, -0.2) is 4.79 Å². The van der Waals surface area contributed by atoms with Crippen molar-refractivity contribution < 1.29 is 9.90 Å². The highest BCUT2D eigenvalue weighted by Gasteiger charge is 2.29. The second-order valence-electron chi connectivity index (χ2n) is 6.36. The Hall–Kier alpha value is -2.31. The van der Waals surface area contributed by atoms with Crippen LogP contribution in [0, 0.1) is 13.8 Å². The Morgan fingerprint density at radius 2 is 2.00 bits per heavy atom. The van der Waals surface area contributed by atoms with Crippen molar-refractivity contribution in [1.82, 2.24) is 4.57 Å². The molecule has 0 spiro atoms. The van der Waals surface area contributed by atoms with Gasteiger partial charge < -0.3 is 9.67 Å². The van der Waals surface area contributed by atoms with Crippen LogP contribution in [0.2, 0.25) is 0 Å². The van der Waals surface area contributed by atoms with Crippen LogP contribution < -0.4 is 5.43 Å². The fraction of sp³-hybridized carbons (Fsp3) is 0.200. The molecule has 4 rings (SSSR count). The molecular weight excluding hydrogens is 366 g/mol. The molecule has 0 amide bonds. The fourth-order valence-electron chi connectivity index (χ4n) is 3.52. The molecule has 1 aliphatic rings. The number of carboxylic acid groups (broad SMARTS) is 1. The monoisotopic (exact) mass is 383 g/mol. The van der Waals surface area contributed by atoms with Gasteiger partial charge in [0.25, 0.3) is 0 Å². The third-order valence-corrected chi connectivity index (χ3v) is 7.23. The summed E-state index contributed by atoms with van der Waals surface area (Å²) in [4.78, 5) is 26.6. The number of thiophene rings is 1. The fourth-order valence-corrected chi connectivity index (χ4v) is 6.02. The van der Waals surface area contributed by atoms with Crippen LogP contribution >= 0.6 is 23.1 Å². The Bertz CT molecular complexity index is 1080. The predicted molar refractivity (Wildman–Crippen MR) is 105 cm³/mol. The van der Waals surface area contributed by atoms with Crippen molar-refractivity contribution in [3.05, 3.63) is 79.4 Å². The van der Waals surface area contributed by atoms with E-state index in [0.717, 1.165) is 16.3 Å². The summed E-state index contributed by atoms with van der Waals surface area (Å²) in [6.45, 7) is 3.93. The van der Waals surface area contributed by atoms with E-state index in [1.807, 2.05) is 29.7 Å². The second kappa shape index (κ2) is 6.45. The molecule has 0 unspecified atom stereocenters. The Morgan fingerprint density at radius 1 is 1.23 bits per heavy atom. The lowest BCUT2D eigenvalue weighted by molar-refractivity contribution is 0.0693. The highest BCUT2D eigenvalue weighted by Crippen LogP contribution is 2.46. The Labute approximate surface area is 159 Å². The van der Waals surface area contributed by atoms with Crippen LogP contribution in [-0.2, 0) is 6.42 Å². The van der Waals surface area contributed by atoms with Crippen molar-refractivity contribution in [2.45, 2.75) is 30.4 Å². The van der Waals surface area contributed by atoms with Crippen LogP contribution in [0.25, 0.3) is 5.69 Å². The number of fused-ring (bicyclic) bond motifs is 3. The van der Waals surface area contributed by atoms with Gasteiger partial charge in [0.1, 0.15) is 5.56 Å². The first-order valence-electron chi connectivity index (χ1n) is 8.26. The van der Waals surface area contributed by atoms with Gasteiger partial charge in [-0.05, 0) is 43.0 Å². The number of carboxylic acids is 1. The molecule has 1 aliphatic heterocycles. The largest absolute Gasteiger partial charge is 0.477 e. The highest BCUT2D eigenvalue weighted by atomic mass is 32.2. The number of thioether (sulfide) groups is 1. The van der Waals surface area contributed by atoms with Crippen molar-refractivity contribution in [2.24, 2.45) is 0 Å². The number of benzene rings is 1.